The van der Waals surface area contributed by atoms with Crippen molar-refractivity contribution in [1.82, 2.24) is 4.57 Å². The van der Waals surface area contributed by atoms with E-state index in [-0.39, 0.29) is 18.7 Å². The Morgan fingerprint density at radius 3 is 2.72 bits per heavy atom. The van der Waals surface area contributed by atoms with Crippen LogP contribution in [0.4, 0.5) is 18.9 Å². The highest BCUT2D eigenvalue weighted by Gasteiger charge is 2.26. The fourth-order valence-electron chi connectivity index (χ4n) is 1.48. The predicted molar refractivity (Wildman–Crippen MR) is 60.1 cm³/mol. The van der Waals surface area contributed by atoms with Gasteiger partial charge < -0.3 is 15.0 Å². The number of ether oxygens (including phenoxy) is 1. The largest absolute Gasteiger partial charge is 0.461 e. The van der Waals surface area contributed by atoms with Gasteiger partial charge in [-0.3, -0.25) is 0 Å². The Bertz CT molecular complexity index is 413. The molecule has 2 N–H and O–H groups in total. The van der Waals surface area contributed by atoms with Crippen LogP contribution in [0.1, 0.15) is 30.3 Å². The number of carbonyl (C=O) groups is 1. The van der Waals surface area contributed by atoms with Crippen molar-refractivity contribution in [3.63, 3.8) is 0 Å². The number of hydrogen-bond donors (Lipinski definition) is 1. The molecule has 0 aromatic carbocycles. The molecule has 0 aliphatic heterocycles. The van der Waals surface area contributed by atoms with Crippen LogP contribution < -0.4 is 5.73 Å². The number of rotatable bonds is 5. The van der Waals surface area contributed by atoms with Gasteiger partial charge in [0.05, 0.1) is 12.3 Å². The lowest BCUT2D eigenvalue weighted by Crippen LogP contribution is -2.14. The van der Waals surface area contributed by atoms with E-state index < -0.39 is 18.6 Å². The minimum absolute atomic E-state index is 0.239. The third kappa shape index (κ3) is 4.31. The highest BCUT2D eigenvalue weighted by Crippen LogP contribution is 2.21. The number of alkyl halides is 3. The van der Waals surface area contributed by atoms with E-state index in [1.54, 1.807) is 10.8 Å². The summed E-state index contributed by atoms with van der Waals surface area (Å²) in [4.78, 5) is 11.6. The smallest absolute Gasteiger partial charge is 0.389 e. The number of aromatic nitrogens is 1. The normalized spacial score (nSPS) is 11.6. The molecule has 0 radical (unpaired) electrons. The van der Waals surface area contributed by atoms with E-state index in [1.807, 2.05) is 6.92 Å². The van der Waals surface area contributed by atoms with Crippen LogP contribution in [-0.2, 0) is 11.3 Å². The predicted octanol–water partition coefficient (Wildman–Crippen LogP) is 2.59. The molecule has 0 saturated heterocycles. The Morgan fingerprint density at radius 2 is 2.17 bits per heavy atom. The molecule has 0 bridgehead atoms. The molecular weight excluding hydrogens is 249 g/mol. The zero-order chi connectivity index (χ0) is 13.8. The second-order valence-corrected chi connectivity index (χ2v) is 3.80. The molecular formula is C11H15F3N2O2. The van der Waals surface area contributed by atoms with Crippen LogP contribution in [0.2, 0.25) is 0 Å². The lowest BCUT2D eigenvalue weighted by Gasteiger charge is -2.08. The van der Waals surface area contributed by atoms with Crippen LogP contribution in [0.5, 0.6) is 0 Å². The first-order valence-electron chi connectivity index (χ1n) is 5.53. The van der Waals surface area contributed by atoms with Crippen molar-refractivity contribution in [3.05, 3.63) is 18.0 Å². The number of hydrogen-bond acceptors (Lipinski definition) is 3. The first-order chi connectivity index (χ1) is 8.33. The maximum Gasteiger partial charge on any atom is 0.389 e. The fourth-order valence-corrected chi connectivity index (χ4v) is 1.48. The van der Waals surface area contributed by atoms with Gasteiger partial charge in [0.1, 0.15) is 5.69 Å². The minimum Gasteiger partial charge on any atom is -0.461 e. The topological polar surface area (TPSA) is 57.2 Å². The summed E-state index contributed by atoms with van der Waals surface area (Å²) in [6.45, 7) is 2.09. The molecule has 0 atom stereocenters. The van der Waals surface area contributed by atoms with Gasteiger partial charge in [0.15, 0.2) is 0 Å². The quantitative estimate of drug-likeness (QED) is 0.657. The van der Waals surface area contributed by atoms with E-state index in [0.29, 0.717) is 12.2 Å². The maximum atomic E-state index is 11.9. The molecule has 0 fully saturated rings. The first-order valence-corrected chi connectivity index (χ1v) is 5.53. The van der Waals surface area contributed by atoms with Crippen molar-refractivity contribution in [2.24, 2.45) is 0 Å². The SMILES string of the molecule is CCn1cc(N)cc1C(=O)OCCCC(F)(F)F. The average Bonchev–Trinajstić information content (AvgIpc) is 2.64. The first kappa shape index (κ1) is 14.4. The Hall–Kier alpha value is -1.66. The summed E-state index contributed by atoms with van der Waals surface area (Å²) >= 11 is 0. The molecule has 1 rings (SSSR count). The molecule has 0 amide bonds. The third-order valence-electron chi connectivity index (χ3n) is 2.31. The summed E-state index contributed by atoms with van der Waals surface area (Å²) in [7, 11) is 0. The van der Waals surface area contributed by atoms with E-state index in [9.17, 15) is 18.0 Å². The van der Waals surface area contributed by atoms with Gasteiger partial charge >= 0.3 is 12.1 Å². The van der Waals surface area contributed by atoms with Crippen molar-refractivity contribution in [1.29, 1.82) is 0 Å². The summed E-state index contributed by atoms with van der Waals surface area (Å²) in [6.07, 6.45) is -3.85. The molecule has 1 aromatic heterocycles. The summed E-state index contributed by atoms with van der Waals surface area (Å²) in [5.74, 6) is -0.657. The van der Waals surface area contributed by atoms with Crippen LogP contribution in [0.15, 0.2) is 12.3 Å². The number of aryl methyl sites for hydroxylation is 1. The van der Waals surface area contributed by atoms with Crippen molar-refractivity contribution >= 4 is 11.7 Å². The molecule has 102 valence electrons. The van der Waals surface area contributed by atoms with Crippen molar-refractivity contribution in [2.75, 3.05) is 12.3 Å². The number of nitrogens with zero attached hydrogens (tertiary/aromatic N) is 1. The van der Waals surface area contributed by atoms with Crippen molar-refractivity contribution in [3.8, 4) is 0 Å². The van der Waals surface area contributed by atoms with Crippen LogP contribution in [0, 0.1) is 0 Å². The number of nitrogens with two attached hydrogens (primary N) is 1. The highest BCUT2D eigenvalue weighted by molar-refractivity contribution is 5.89. The summed E-state index contributed by atoms with van der Waals surface area (Å²) in [6, 6.07) is 1.44. The molecule has 0 spiro atoms. The lowest BCUT2D eigenvalue weighted by atomic mass is 10.3. The monoisotopic (exact) mass is 264 g/mol. The van der Waals surface area contributed by atoms with Gasteiger partial charge in [0, 0.05) is 19.2 Å². The van der Waals surface area contributed by atoms with Crippen LogP contribution in [0.3, 0.4) is 0 Å². The van der Waals surface area contributed by atoms with Crippen LogP contribution in [0.25, 0.3) is 0 Å². The number of anilines is 1. The lowest BCUT2D eigenvalue weighted by molar-refractivity contribution is -0.137. The molecule has 0 saturated carbocycles. The minimum atomic E-state index is -4.22. The van der Waals surface area contributed by atoms with E-state index in [1.165, 1.54) is 6.07 Å². The van der Waals surface area contributed by atoms with E-state index >= 15 is 0 Å². The van der Waals surface area contributed by atoms with Crippen molar-refractivity contribution in [2.45, 2.75) is 32.5 Å². The highest BCUT2D eigenvalue weighted by atomic mass is 19.4. The summed E-state index contributed by atoms with van der Waals surface area (Å²) < 4.78 is 41.9. The van der Waals surface area contributed by atoms with Gasteiger partial charge in [-0.1, -0.05) is 0 Å². The fraction of sp³-hybridized carbons (Fsp3) is 0.545. The number of halogens is 3. The van der Waals surface area contributed by atoms with Gasteiger partial charge in [0.2, 0.25) is 0 Å². The van der Waals surface area contributed by atoms with Gasteiger partial charge in [-0.15, -0.1) is 0 Å². The van der Waals surface area contributed by atoms with Crippen molar-refractivity contribution < 1.29 is 22.7 Å². The standard InChI is InChI=1S/C11H15F3N2O2/c1-2-16-7-8(15)6-9(16)10(17)18-5-3-4-11(12,13)14/h6-7H,2-5,15H2,1H3. The molecule has 4 nitrogen and oxygen atoms in total. The van der Waals surface area contributed by atoms with Crippen LogP contribution >= 0.6 is 0 Å². The van der Waals surface area contributed by atoms with Gasteiger partial charge in [-0.05, 0) is 19.4 Å². The Balaban J connectivity index is 2.45. The second-order valence-electron chi connectivity index (χ2n) is 3.80. The molecule has 7 heteroatoms. The Morgan fingerprint density at radius 1 is 1.50 bits per heavy atom. The number of carbonyl (C=O) groups excluding carboxylic acids is 1. The average molecular weight is 264 g/mol. The third-order valence-corrected chi connectivity index (χ3v) is 2.31. The molecule has 1 aromatic rings. The zero-order valence-corrected chi connectivity index (χ0v) is 9.96. The molecule has 0 aliphatic carbocycles. The van der Waals surface area contributed by atoms with Gasteiger partial charge in [-0.2, -0.15) is 13.2 Å². The Kier molecular flexibility index (Phi) is 4.63. The molecule has 1 heterocycles. The number of nitrogen functional groups attached to an aromatic ring is 1. The second kappa shape index (κ2) is 5.79. The van der Waals surface area contributed by atoms with E-state index in [2.05, 4.69) is 0 Å². The summed E-state index contributed by atoms with van der Waals surface area (Å²) in [5.41, 5.74) is 6.20. The summed E-state index contributed by atoms with van der Waals surface area (Å²) in [5, 5.41) is 0. The maximum absolute atomic E-state index is 11.9. The van der Waals surface area contributed by atoms with E-state index in [0.717, 1.165) is 0 Å². The molecule has 0 unspecified atom stereocenters. The van der Waals surface area contributed by atoms with Gasteiger partial charge in [0.25, 0.3) is 0 Å². The van der Waals surface area contributed by atoms with Crippen LogP contribution in [-0.4, -0.2) is 23.3 Å². The van der Waals surface area contributed by atoms with E-state index in [4.69, 9.17) is 10.5 Å². The Labute approximate surface area is 103 Å². The van der Waals surface area contributed by atoms with Gasteiger partial charge in [-0.25, -0.2) is 4.79 Å². The molecule has 0 aliphatic rings. The number of esters is 1. The zero-order valence-electron chi connectivity index (χ0n) is 9.96. The molecule has 18 heavy (non-hydrogen) atoms.